The van der Waals surface area contributed by atoms with E-state index >= 15 is 0 Å². The summed E-state index contributed by atoms with van der Waals surface area (Å²) in [6.07, 6.45) is 9.52. The van der Waals surface area contributed by atoms with E-state index < -0.39 is 5.82 Å². The minimum absolute atomic E-state index is 0.0199. The molecular weight excluding hydrogens is 554 g/mol. The monoisotopic (exact) mass is 588 g/mol. The van der Waals surface area contributed by atoms with Crippen molar-refractivity contribution >= 4 is 51.5 Å². The minimum atomic E-state index is -0.671. The Hall–Kier alpha value is -3.10. The molecule has 1 aromatic heterocycles. The van der Waals surface area contributed by atoms with Crippen LogP contribution in [0.25, 0.3) is 10.9 Å². The van der Waals surface area contributed by atoms with Crippen LogP contribution in [0.15, 0.2) is 43.2 Å². The van der Waals surface area contributed by atoms with Crippen LogP contribution in [-0.2, 0) is 4.79 Å². The maximum Gasteiger partial charge on any atom is 0.245 e. The second kappa shape index (κ2) is 14.0. The maximum atomic E-state index is 14.8. The van der Waals surface area contributed by atoms with Crippen LogP contribution in [0.3, 0.4) is 0 Å². The number of nitrogens with one attached hydrogen (secondary N) is 1. The zero-order chi connectivity index (χ0) is 28.6. The Morgan fingerprint density at radius 1 is 1.20 bits per heavy atom. The van der Waals surface area contributed by atoms with Crippen molar-refractivity contribution in [1.29, 1.82) is 0 Å². The number of carbonyl (C=O) groups is 1. The number of halogens is 3. The first-order valence-corrected chi connectivity index (χ1v) is 14.5. The standard InChI is InChI=1S/C30H35Cl2FN4O3/c1-4-6-7-8-9-19(3)39-26-17-24-21(16-25(26)40-20-12-14-37(15-13-20)27(38)5-2)30(35-18-34-24)36-23-11-10-22(31)28(32)29(23)33/h5,10-11,16-20H,2,4,6-9,12-15H2,1,3H3,(H,34,35,36)/t19-/m0/s1. The summed E-state index contributed by atoms with van der Waals surface area (Å²) in [7, 11) is 0. The summed E-state index contributed by atoms with van der Waals surface area (Å²) in [5.74, 6) is 0.777. The molecule has 1 saturated heterocycles. The third-order valence-corrected chi connectivity index (χ3v) is 7.78. The largest absolute Gasteiger partial charge is 0.487 e. The fourth-order valence-corrected chi connectivity index (χ4v) is 5.05. The Balaban J connectivity index is 1.63. The average Bonchev–Trinajstić information content (AvgIpc) is 2.96. The van der Waals surface area contributed by atoms with Gasteiger partial charge in [-0.3, -0.25) is 4.79 Å². The van der Waals surface area contributed by atoms with Crippen molar-refractivity contribution in [2.45, 2.75) is 71.0 Å². The van der Waals surface area contributed by atoms with Gasteiger partial charge in [0.2, 0.25) is 5.91 Å². The molecule has 1 aliphatic heterocycles. The third-order valence-electron chi connectivity index (χ3n) is 7.00. The van der Waals surface area contributed by atoms with Gasteiger partial charge in [0.25, 0.3) is 0 Å². The van der Waals surface area contributed by atoms with Crippen LogP contribution in [0.1, 0.15) is 58.8 Å². The average molecular weight is 590 g/mol. The highest BCUT2D eigenvalue weighted by Crippen LogP contribution is 2.38. The third kappa shape index (κ3) is 7.34. The zero-order valence-corrected chi connectivity index (χ0v) is 24.4. The first kappa shape index (κ1) is 29.9. The van der Waals surface area contributed by atoms with E-state index in [-0.39, 0.29) is 33.8 Å². The number of hydrogen-bond acceptors (Lipinski definition) is 6. The predicted molar refractivity (Wildman–Crippen MR) is 159 cm³/mol. The molecule has 214 valence electrons. The van der Waals surface area contributed by atoms with Gasteiger partial charge in [0.1, 0.15) is 18.2 Å². The molecule has 0 aliphatic carbocycles. The lowest BCUT2D eigenvalue weighted by molar-refractivity contribution is -0.127. The normalized spacial score (nSPS) is 14.7. The topological polar surface area (TPSA) is 76.6 Å². The molecule has 0 radical (unpaired) electrons. The SMILES string of the molecule is C=CC(=O)N1CCC(Oc2cc3c(Nc4ccc(Cl)c(Cl)c4F)ncnc3cc2O[C@@H](C)CCCCCC)CC1. The van der Waals surface area contributed by atoms with E-state index in [1.165, 1.54) is 43.8 Å². The fraction of sp³-hybridized carbons (Fsp3) is 0.433. The molecule has 2 heterocycles. The number of carbonyl (C=O) groups excluding carboxylic acids is 1. The van der Waals surface area contributed by atoms with Crippen molar-refractivity contribution in [1.82, 2.24) is 14.9 Å². The number of benzene rings is 2. The molecule has 2 aromatic carbocycles. The Labute approximate surface area is 244 Å². The molecule has 1 atom stereocenters. The summed E-state index contributed by atoms with van der Waals surface area (Å²) in [6.45, 7) is 8.99. The van der Waals surface area contributed by atoms with E-state index in [2.05, 4.69) is 35.7 Å². The summed E-state index contributed by atoms with van der Waals surface area (Å²) < 4.78 is 27.7. The number of piperidine rings is 1. The van der Waals surface area contributed by atoms with Gasteiger partial charge in [0, 0.05) is 37.4 Å². The predicted octanol–water partition coefficient (Wildman–Crippen LogP) is 8.11. The fourth-order valence-electron chi connectivity index (χ4n) is 4.73. The molecule has 1 N–H and O–H groups in total. The van der Waals surface area contributed by atoms with Crippen molar-refractivity contribution < 1.29 is 18.7 Å². The number of likely N-dealkylation sites (tertiary alicyclic amines) is 1. The Kier molecular flexibility index (Phi) is 10.5. The Morgan fingerprint density at radius 3 is 2.70 bits per heavy atom. The second-order valence-electron chi connectivity index (χ2n) is 10.0. The number of amides is 1. The molecule has 4 rings (SSSR count). The number of hydrogen-bond donors (Lipinski definition) is 1. The molecule has 1 fully saturated rings. The number of ether oxygens (including phenoxy) is 2. The molecule has 0 unspecified atom stereocenters. The van der Waals surface area contributed by atoms with Crippen molar-refractivity contribution in [3.8, 4) is 11.5 Å². The van der Waals surface area contributed by atoms with Gasteiger partial charge in [-0.1, -0.05) is 56.0 Å². The van der Waals surface area contributed by atoms with E-state index in [1.807, 2.05) is 12.1 Å². The molecule has 1 aliphatic rings. The lowest BCUT2D eigenvalue weighted by atomic mass is 10.1. The van der Waals surface area contributed by atoms with Crippen molar-refractivity contribution in [3.63, 3.8) is 0 Å². The molecule has 1 amide bonds. The minimum Gasteiger partial charge on any atom is -0.487 e. The van der Waals surface area contributed by atoms with Crippen molar-refractivity contribution in [3.05, 3.63) is 59.1 Å². The van der Waals surface area contributed by atoms with Gasteiger partial charge >= 0.3 is 0 Å². The van der Waals surface area contributed by atoms with E-state index in [0.717, 1.165) is 12.8 Å². The first-order valence-electron chi connectivity index (χ1n) is 13.7. The van der Waals surface area contributed by atoms with Gasteiger partial charge in [-0.25, -0.2) is 14.4 Å². The van der Waals surface area contributed by atoms with Gasteiger partial charge < -0.3 is 19.7 Å². The van der Waals surface area contributed by atoms with E-state index in [0.29, 0.717) is 54.2 Å². The molecule has 40 heavy (non-hydrogen) atoms. The Bertz CT molecular complexity index is 1350. The van der Waals surface area contributed by atoms with Crippen LogP contribution in [0.4, 0.5) is 15.9 Å². The van der Waals surface area contributed by atoms with Crippen LogP contribution >= 0.6 is 23.2 Å². The van der Waals surface area contributed by atoms with Gasteiger partial charge in [-0.2, -0.15) is 0 Å². The quantitative estimate of drug-likeness (QED) is 0.131. The number of nitrogens with zero attached hydrogens (tertiary/aromatic N) is 3. The number of anilines is 2. The first-order chi connectivity index (χ1) is 19.3. The highest BCUT2D eigenvalue weighted by molar-refractivity contribution is 6.42. The summed E-state index contributed by atoms with van der Waals surface area (Å²) in [6, 6.07) is 6.69. The number of fused-ring (bicyclic) bond motifs is 1. The lowest BCUT2D eigenvalue weighted by Crippen LogP contribution is -2.41. The summed E-state index contributed by atoms with van der Waals surface area (Å²) in [5.41, 5.74) is 0.752. The van der Waals surface area contributed by atoms with Gasteiger partial charge in [-0.15, -0.1) is 0 Å². The molecule has 10 heteroatoms. The maximum absolute atomic E-state index is 14.8. The molecule has 3 aromatic rings. The highest BCUT2D eigenvalue weighted by atomic mass is 35.5. The van der Waals surface area contributed by atoms with Crippen molar-refractivity contribution in [2.75, 3.05) is 18.4 Å². The summed E-state index contributed by atoms with van der Waals surface area (Å²) >= 11 is 12.0. The molecule has 0 spiro atoms. The zero-order valence-electron chi connectivity index (χ0n) is 22.9. The molecule has 7 nitrogen and oxygen atoms in total. The summed E-state index contributed by atoms with van der Waals surface area (Å²) in [5, 5.41) is 3.61. The Morgan fingerprint density at radius 2 is 1.98 bits per heavy atom. The van der Waals surface area contributed by atoms with E-state index in [4.69, 9.17) is 32.7 Å². The molecule has 0 bridgehead atoms. The molecule has 0 saturated carbocycles. The number of aromatic nitrogens is 2. The van der Waals surface area contributed by atoms with Crippen LogP contribution in [-0.4, -0.2) is 46.1 Å². The van der Waals surface area contributed by atoms with Gasteiger partial charge in [0.05, 0.1) is 27.4 Å². The van der Waals surface area contributed by atoms with E-state index in [1.54, 1.807) is 4.90 Å². The lowest BCUT2D eigenvalue weighted by Gasteiger charge is -2.32. The van der Waals surface area contributed by atoms with Gasteiger partial charge in [-0.05, 0) is 44.0 Å². The highest BCUT2D eigenvalue weighted by Gasteiger charge is 2.25. The smallest absolute Gasteiger partial charge is 0.245 e. The number of rotatable bonds is 12. The van der Waals surface area contributed by atoms with Crippen LogP contribution < -0.4 is 14.8 Å². The van der Waals surface area contributed by atoms with Crippen LogP contribution in [0.2, 0.25) is 10.0 Å². The van der Waals surface area contributed by atoms with Crippen molar-refractivity contribution in [2.24, 2.45) is 0 Å². The van der Waals surface area contributed by atoms with Crippen LogP contribution in [0, 0.1) is 5.82 Å². The summed E-state index contributed by atoms with van der Waals surface area (Å²) in [4.78, 5) is 22.6. The van der Waals surface area contributed by atoms with Gasteiger partial charge in [0.15, 0.2) is 17.3 Å². The second-order valence-corrected chi connectivity index (χ2v) is 10.8. The van der Waals surface area contributed by atoms with E-state index in [9.17, 15) is 9.18 Å². The van der Waals surface area contributed by atoms with Crippen LogP contribution in [0.5, 0.6) is 11.5 Å². The number of unbranched alkanes of at least 4 members (excludes halogenated alkanes) is 3. The molecular formula is C30H35Cl2FN4O3.